The molecule has 0 heterocycles. The Kier molecular flexibility index (Phi) is 13.0. The second-order valence-electron chi connectivity index (χ2n) is 8.27. The molecule has 7 N–H and O–H groups in total. The molecule has 0 saturated carbocycles. The largest absolute Gasteiger partial charge is 0.382 e. The summed E-state index contributed by atoms with van der Waals surface area (Å²) in [6.07, 6.45) is -1.77. The molecule has 1 rings (SSSR count). The van der Waals surface area contributed by atoms with E-state index < -0.39 is 46.4 Å². The van der Waals surface area contributed by atoms with E-state index in [0.29, 0.717) is 19.4 Å². The van der Waals surface area contributed by atoms with E-state index in [1.54, 1.807) is 6.92 Å². The molecule has 0 aliphatic heterocycles. The van der Waals surface area contributed by atoms with Gasteiger partial charge in [0.1, 0.15) is 28.4 Å². The summed E-state index contributed by atoms with van der Waals surface area (Å²) in [7, 11) is -3.36. The van der Waals surface area contributed by atoms with Crippen LogP contribution in [0.2, 0.25) is 0 Å². The van der Waals surface area contributed by atoms with Crippen LogP contribution in [-0.2, 0) is 14.6 Å². The topological polar surface area (TPSA) is 160 Å². The van der Waals surface area contributed by atoms with Crippen molar-refractivity contribution in [3.8, 4) is 0 Å². The average molecular weight is 489 g/mol. The fourth-order valence-electron chi connectivity index (χ4n) is 3.50. The van der Waals surface area contributed by atoms with Crippen LogP contribution in [0.3, 0.4) is 0 Å². The minimum absolute atomic E-state index is 0.122. The van der Waals surface area contributed by atoms with Crippen molar-refractivity contribution < 1.29 is 28.5 Å². The lowest BCUT2D eigenvalue weighted by Gasteiger charge is -2.30. The first-order valence-electron chi connectivity index (χ1n) is 11.3. The van der Waals surface area contributed by atoms with Crippen molar-refractivity contribution in [2.45, 2.75) is 70.3 Å². The first-order chi connectivity index (χ1) is 15.5. The molecule has 0 aromatic heterocycles. The van der Waals surface area contributed by atoms with E-state index in [1.807, 2.05) is 44.2 Å². The molecule has 1 amide bonds. The van der Waals surface area contributed by atoms with E-state index in [0.717, 1.165) is 11.8 Å². The molecule has 6 atom stereocenters. The zero-order valence-corrected chi connectivity index (χ0v) is 20.7. The molecular formula is C22H40N4O6S. The van der Waals surface area contributed by atoms with E-state index in [4.69, 9.17) is 0 Å². The first-order valence-corrected chi connectivity index (χ1v) is 13.3. The van der Waals surface area contributed by atoms with E-state index in [9.17, 15) is 28.5 Å². The van der Waals surface area contributed by atoms with Crippen LogP contribution < -0.4 is 21.3 Å². The van der Waals surface area contributed by atoms with Gasteiger partial charge in [-0.15, -0.1) is 0 Å². The number of aliphatic hydroxyl groups is 3. The van der Waals surface area contributed by atoms with Gasteiger partial charge in [-0.05, 0) is 25.5 Å². The Bertz CT molecular complexity index is 795. The standard InChI is InChI=1S/C22H40N4O6S/c1-5-10-17(26-21(29)18(23-6-2)14-33(4,31)32)20(28)22(30)24-13-19(27)25-15(3)16-11-8-7-9-12-16/h7-9,11-12,15,17-21,23,25-29H,5-6,10,13-14H2,1-4H3,(H,24,30)/t15-,17?,18?,19-,20?,21+/m1/s1. The van der Waals surface area contributed by atoms with Gasteiger partial charge >= 0.3 is 0 Å². The van der Waals surface area contributed by atoms with Gasteiger partial charge in [0.2, 0.25) is 0 Å². The number of benzene rings is 1. The summed E-state index contributed by atoms with van der Waals surface area (Å²) in [5.41, 5.74) is 0.980. The summed E-state index contributed by atoms with van der Waals surface area (Å²) in [6.45, 7) is 5.85. The molecule has 0 bridgehead atoms. The van der Waals surface area contributed by atoms with Crippen molar-refractivity contribution in [2.75, 3.05) is 25.1 Å². The van der Waals surface area contributed by atoms with Crippen molar-refractivity contribution in [3.05, 3.63) is 35.9 Å². The van der Waals surface area contributed by atoms with Gasteiger partial charge in [0.05, 0.1) is 18.3 Å². The minimum atomic E-state index is -3.36. The normalized spacial score (nSPS) is 17.5. The highest BCUT2D eigenvalue weighted by Gasteiger charge is 2.31. The maximum atomic E-state index is 12.5. The second kappa shape index (κ2) is 14.6. The van der Waals surface area contributed by atoms with Gasteiger partial charge in [-0.25, -0.2) is 8.42 Å². The zero-order valence-electron chi connectivity index (χ0n) is 19.9. The maximum Gasteiger partial charge on any atom is 0.250 e. The molecule has 0 spiro atoms. The highest BCUT2D eigenvalue weighted by atomic mass is 32.2. The van der Waals surface area contributed by atoms with Crippen molar-refractivity contribution in [2.24, 2.45) is 0 Å². The van der Waals surface area contributed by atoms with Crippen LogP contribution in [0.5, 0.6) is 0 Å². The van der Waals surface area contributed by atoms with Gasteiger partial charge in [0.25, 0.3) is 5.91 Å². The molecule has 11 heteroatoms. The molecule has 33 heavy (non-hydrogen) atoms. The molecule has 3 unspecified atom stereocenters. The van der Waals surface area contributed by atoms with E-state index >= 15 is 0 Å². The maximum absolute atomic E-state index is 12.5. The minimum Gasteiger partial charge on any atom is -0.382 e. The van der Waals surface area contributed by atoms with Crippen molar-refractivity contribution in [3.63, 3.8) is 0 Å². The number of hydrogen-bond donors (Lipinski definition) is 7. The molecule has 0 radical (unpaired) electrons. The Morgan fingerprint density at radius 2 is 1.67 bits per heavy atom. The van der Waals surface area contributed by atoms with Gasteiger partial charge < -0.3 is 26.0 Å². The Labute approximate surface area is 197 Å². The second-order valence-corrected chi connectivity index (χ2v) is 10.5. The number of hydrogen-bond acceptors (Lipinski definition) is 9. The lowest BCUT2D eigenvalue weighted by atomic mass is 10.0. The van der Waals surface area contributed by atoms with Crippen LogP contribution in [0.4, 0.5) is 0 Å². The smallest absolute Gasteiger partial charge is 0.250 e. The lowest BCUT2D eigenvalue weighted by molar-refractivity contribution is -0.132. The number of carbonyl (C=O) groups is 1. The molecule has 1 aromatic rings. The summed E-state index contributed by atoms with van der Waals surface area (Å²) >= 11 is 0. The number of nitrogens with one attached hydrogen (secondary N) is 4. The third kappa shape index (κ3) is 11.4. The number of amides is 1. The van der Waals surface area contributed by atoms with Gasteiger partial charge in [0, 0.05) is 18.3 Å². The fraction of sp³-hybridized carbons (Fsp3) is 0.682. The predicted octanol–water partition coefficient (Wildman–Crippen LogP) is -0.768. The highest BCUT2D eigenvalue weighted by molar-refractivity contribution is 7.90. The molecule has 1 aromatic carbocycles. The summed E-state index contributed by atoms with van der Waals surface area (Å²) in [5.74, 6) is -1.00. The van der Waals surface area contributed by atoms with Gasteiger partial charge in [-0.3, -0.25) is 15.4 Å². The predicted molar refractivity (Wildman–Crippen MR) is 128 cm³/mol. The third-order valence-electron chi connectivity index (χ3n) is 5.18. The van der Waals surface area contributed by atoms with E-state index in [-0.39, 0.29) is 18.3 Å². The Balaban J connectivity index is 2.66. The molecule has 0 aliphatic rings. The molecular weight excluding hydrogens is 448 g/mol. The molecule has 0 saturated heterocycles. The van der Waals surface area contributed by atoms with E-state index in [1.165, 1.54) is 0 Å². The Morgan fingerprint density at radius 1 is 1.03 bits per heavy atom. The van der Waals surface area contributed by atoms with Crippen molar-refractivity contribution >= 4 is 15.7 Å². The van der Waals surface area contributed by atoms with E-state index in [2.05, 4.69) is 21.3 Å². The monoisotopic (exact) mass is 488 g/mol. The quantitative estimate of drug-likeness (QED) is 0.148. The summed E-state index contributed by atoms with van der Waals surface area (Å²) in [5, 5.41) is 42.5. The number of carbonyl (C=O) groups excluding carboxylic acids is 1. The summed E-state index contributed by atoms with van der Waals surface area (Å²) in [4.78, 5) is 12.5. The third-order valence-corrected chi connectivity index (χ3v) is 6.14. The Hall–Kier alpha value is -1.60. The fourth-order valence-corrected chi connectivity index (χ4v) is 4.45. The summed E-state index contributed by atoms with van der Waals surface area (Å²) < 4.78 is 23.3. The molecule has 190 valence electrons. The SMILES string of the molecule is CCCC(N[C@@H](O)C(CS(C)(=O)=O)NCC)C(O)C(=O)NC[C@@H](O)N[C@H](C)c1ccccc1. The van der Waals surface area contributed by atoms with Crippen molar-refractivity contribution in [1.29, 1.82) is 0 Å². The Morgan fingerprint density at radius 3 is 2.21 bits per heavy atom. The number of sulfone groups is 1. The van der Waals surface area contributed by atoms with Crippen LogP contribution in [0, 0.1) is 0 Å². The van der Waals surface area contributed by atoms with Gasteiger partial charge in [-0.1, -0.05) is 50.6 Å². The van der Waals surface area contributed by atoms with Crippen LogP contribution in [0.1, 0.15) is 45.2 Å². The van der Waals surface area contributed by atoms with Crippen LogP contribution in [-0.4, -0.2) is 85.4 Å². The first kappa shape index (κ1) is 29.4. The average Bonchev–Trinajstić information content (AvgIpc) is 2.76. The number of likely N-dealkylation sites (N-methyl/N-ethyl adjacent to an activating group) is 1. The van der Waals surface area contributed by atoms with Gasteiger partial charge in [-0.2, -0.15) is 0 Å². The molecule has 0 fully saturated rings. The molecule has 0 aliphatic carbocycles. The highest BCUT2D eigenvalue weighted by Crippen LogP contribution is 2.11. The number of aliphatic hydroxyl groups excluding tert-OH is 3. The van der Waals surface area contributed by atoms with Crippen LogP contribution >= 0.6 is 0 Å². The van der Waals surface area contributed by atoms with Crippen LogP contribution in [0.25, 0.3) is 0 Å². The molecule has 10 nitrogen and oxygen atoms in total. The van der Waals surface area contributed by atoms with Crippen molar-refractivity contribution in [1.82, 2.24) is 21.3 Å². The van der Waals surface area contributed by atoms with Gasteiger partial charge in [0.15, 0.2) is 0 Å². The number of rotatable bonds is 16. The zero-order chi connectivity index (χ0) is 25.0. The summed E-state index contributed by atoms with van der Waals surface area (Å²) in [6, 6.07) is 7.77. The van der Waals surface area contributed by atoms with Crippen LogP contribution in [0.15, 0.2) is 30.3 Å². The lowest BCUT2D eigenvalue weighted by Crippen LogP contribution is -2.59.